The highest BCUT2D eigenvalue weighted by atomic mass is 16.4. The fourth-order valence-electron chi connectivity index (χ4n) is 1.63. The smallest absolute Gasteiger partial charge is 0.345 e. The number of rotatable bonds is 1. The first-order valence-corrected chi connectivity index (χ1v) is 5.02. The van der Waals surface area contributed by atoms with Gasteiger partial charge in [-0.1, -0.05) is 18.2 Å². The lowest BCUT2D eigenvalue weighted by molar-refractivity contribution is 0.563. The summed E-state index contributed by atoms with van der Waals surface area (Å²) < 4.78 is 5.20. The van der Waals surface area contributed by atoms with Gasteiger partial charge in [0.2, 0.25) is 0 Å². The third kappa shape index (κ3) is 1.67. The van der Waals surface area contributed by atoms with Crippen LogP contribution in [-0.4, -0.2) is 15.4 Å². The van der Waals surface area contributed by atoms with Gasteiger partial charge in [0.25, 0.3) is 0 Å². The molecule has 82 valence electrons. The van der Waals surface area contributed by atoms with Crippen LogP contribution in [0.3, 0.4) is 0 Å². The van der Waals surface area contributed by atoms with Crippen LogP contribution in [-0.2, 0) is 0 Å². The average molecular weight is 225 g/mol. The molecule has 0 aliphatic carbocycles. The van der Waals surface area contributed by atoms with Crippen molar-refractivity contribution in [3.63, 3.8) is 0 Å². The van der Waals surface area contributed by atoms with E-state index in [0.717, 1.165) is 5.39 Å². The van der Waals surface area contributed by atoms with Crippen LogP contribution >= 0.6 is 0 Å². The zero-order valence-electron chi connectivity index (χ0n) is 8.70. The maximum Gasteiger partial charge on any atom is 0.345 e. The van der Waals surface area contributed by atoms with Gasteiger partial charge in [-0.3, -0.25) is 0 Å². The normalized spacial score (nSPS) is 10.6. The first-order chi connectivity index (χ1) is 8.34. The molecular weight excluding hydrogens is 218 g/mol. The minimum Gasteiger partial charge on any atom is -0.422 e. The summed E-state index contributed by atoms with van der Waals surface area (Å²) in [6, 6.07) is 10.7. The van der Waals surface area contributed by atoms with Gasteiger partial charge in [-0.15, -0.1) is 10.2 Å². The van der Waals surface area contributed by atoms with Crippen molar-refractivity contribution in [1.29, 1.82) is 0 Å². The molecule has 0 aliphatic heterocycles. The van der Waals surface area contributed by atoms with E-state index in [2.05, 4.69) is 15.4 Å². The Labute approximate surface area is 95.7 Å². The largest absolute Gasteiger partial charge is 0.422 e. The SMILES string of the molecule is O=c1oc2ccccc2cc1-c1ccnnn1. The number of aromatic nitrogens is 3. The molecule has 2 aromatic heterocycles. The molecule has 1 aromatic carbocycles. The van der Waals surface area contributed by atoms with Gasteiger partial charge in [0, 0.05) is 5.39 Å². The van der Waals surface area contributed by atoms with Gasteiger partial charge in [-0.25, -0.2) is 4.79 Å². The first kappa shape index (κ1) is 9.65. The van der Waals surface area contributed by atoms with Crippen molar-refractivity contribution in [1.82, 2.24) is 15.4 Å². The van der Waals surface area contributed by atoms with E-state index in [0.29, 0.717) is 16.8 Å². The lowest BCUT2D eigenvalue weighted by Crippen LogP contribution is -2.04. The molecule has 0 aliphatic rings. The average Bonchev–Trinajstić information content (AvgIpc) is 2.39. The summed E-state index contributed by atoms with van der Waals surface area (Å²) in [5.74, 6) is 0. The lowest BCUT2D eigenvalue weighted by Gasteiger charge is -1.99. The second-order valence-electron chi connectivity index (χ2n) is 3.49. The molecule has 0 amide bonds. The minimum absolute atomic E-state index is 0.388. The van der Waals surface area contributed by atoms with Crippen LogP contribution in [0.4, 0.5) is 0 Å². The summed E-state index contributed by atoms with van der Waals surface area (Å²) >= 11 is 0. The molecule has 5 nitrogen and oxygen atoms in total. The molecule has 0 spiro atoms. The van der Waals surface area contributed by atoms with Gasteiger partial charge >= 0.3 is 5.63 Å². The Bertz CT molecular complexity index is 722. The van der Waals surface area contributed by atoms with Crippen molar-refractivity contribution >= 4 is 11.0 Å². The van der Waals surface area contributed by atoms with E-state index in [9.17, 15) is 4.79 Å². The van der Waals surface area contributed by atoms with Crippen molar-refractivity contribution in [2.45, 2.75) is 0 Å². The molecule has 17 heavy (non-hydrogen) atoms. The van der Waals surface area contributed by atoms with Crippen molar-refractivity contribution < 1.29 is 4.42 Å². The molecule has 0 bridgehead atoms. The van der Waals surface area contributed by atoms with E-state index in [-0.39, 0.29) is 0 Å². The fourth-order valence-corrected chi connectivity index (χ4v) is 1.63. The maximum absolute atomic E-state index is 11.8. The molecule has 0 atom stereocenters. The highest BCUT2D eigenvalue weighted by molar-refractivity contribution is 5.80. The molecule has 5 heteroatoms. The zero-order valence-corrected chi connectivity index (χ0v) is 8.70. The van der Waals surface area contributed by atoms with Crippen molar-refractivity contribution in [3.8, 4) is 11.3 Å². The molecule has 3 rings (SSSR count). The van der Waals surface area contributed by atoms with Crippen LogP contribution in [0.2, 0.25) is 0 Å². The van der Waals surface area contributed by atoms with Crippen LogP contribution in [0.25, 0.3) is 22.2 Å². The summed E-state index contributed by atoms with van der Waals surface area (Å²) in [6.45, 7) is 0. The highest BCUT2D eigenvalue weighted by Crippen LogP contribution is 2.18. The van der Waals surface area contributed by atoms with Gasteiger partial charge < -0.3 is 4.42 Å². The standard InChI is InChI=1S/C12H7N3O2/c16-12-9(10-5-6-13-15-14-10)7-8-3-1-2-4-11(8)17-12/h1-7H. The molecule has 3 aromatic rings. The Morgan fingerprint density at radius 3 is 2.82 bits per heavy atom. The van der Waals surface area contributed by atoms with E-state index in [4.69, 9.17) is 4.42 Å². The summed E-state index contributed by atoms with van der Waals surface area (Å²) in [6.07, 6.45) is 1.48. The number of para-hydroxylation sites is 1. The van der Waals surface area contributed by atoms with Crippen LogP contribution in [0.1, 0.15) is 0 Å². The van der Waals surface area contributed by atoms with E-state index >= 15 is 0 Å². The van der Waals surface area contributed by atoms with Crippen LogP contribution < -0.4 is 5.63 Å². The quantitative estimate of drug-likeness (QED) is 0.589. The molecule has 0 saturated heterocycles. The lowest BCUT2D eigenvalue weighted by atomic mass is 10.1. The summed E-state index contributed by atoms with van der Waals surface area (Å²) in [4.78, 5) is 11.8. The van der Waals surface area contributed by atoms with Gasteiger partial charge in [-0.2, -0.15) is 0 Å². The van der Waals surface area contributed by atoms with Gasteiger partial charge in [0.05, 0.1) is 11.8 Å². The molecule has 0 radical (unpaired) electrons. The molecule has 0 fully saturated rings. The molecule has 2 heterocycles. The Morgan fingerprint density at radius 2 is 2.00 bits per heavy atom. The highest BCUT2D eigenvalue weighted by Gasteiger charge is 2.08. The van der Waals surface area contributed by atoms with Crippen LogP contribution in [0.15, 0.2) is 51.8 Å². The third-order valence-corrected chi connectivity index (χ3v) is 2.42. The molecule has 0 unspecified atom stereocenters. The monoisotopic (exact) mass is 225 g/mol. The number of benzene rings is 1. The van der Waals surface area contributed by atoms with E-state index < -0.39 is 5.63 Å². The zero-order chi connectivity index (χ0) is 11.7. The summed E-state index contributed by atoms with van der Waals surface area (Å²) in [5, 5.41) is 11.7. The summed E-state index contributed by atoms with van der Waals surface area (Å²) in [5.41, 5.74) is 0.977. The Morgan fingerprint density at radius 1 is 1.12 bits per heavy atom. The maximum atomic E-state index is 11.8. The van der Waals surface area contributed by atoms with Crippen LogP contribution in [0, 0.1) is 0 Å². The van der Waals surface area contributed by atoms with Gasteiger partial charge in [-0.05, 0) is 23.4 Å². The predicted molar refractivity (Wildman–Crippen MR) is 61.3 cm³/mol. The van der Waals surface area contributed by atoms with E-state index in [1.807, 2.05) is 18.2 Å². The van der Waals surface area contributed by atoms with Crippen molar-refractivity contribution in [2.75, 3.05) is 0 Å². The fraction of sp³-hybridized carbons (Fsp3) is 0. The van der Waals surface area contributed by atoms with E-state index in [1.165, 1.54) is 6.20 Å². The Kier molecular flexibility index (Phi) is 2.15. The summed E-state index contributed by atoms with van der Waals surface area (Å²) in [7, 11) is 0. The molecule has 0 N–H and O–H groups in total. The van der Waals surface area contributed by atoms with Crippen molar-refractivity contribution in [3.05, 3.63) is 53.0 Å². The number of nitrogens with zero attached hydrogens (tertiary/aromatic N) is 3. The molecular formula is C12H7N3O2. The predicted octanol–water partition coefficient (Wildman–Crippen LogP) is 1.64. The molecule has 0 saturated carbocycles. The van der Waals surface area contributed by atoms with Gasteiger partial charge in [0.15, 0.2) is 0 Å². The Balaban J connectivity index is 2.31. The number of fused-ring (bicyclic) bond motifs is 1. The first-order valence-electron chi connectivity index (χ1n) is 5.02. The van der Waals surface area contributed by atoms with Gasteiger partial charge in [0.1, 0.15) is 11.3 Å². The topological polar surface area (TPSA) is 68.9 Å². The number of hydrogen-bond acceptors (Lipinski definition) is 5. The number of hydrogen-bond donors (Lipinski definition) is 0. The third-order valence-electron chi connectivity index (χ3n) is 2.42. The van der Waals surface area contributed by atoms with Crippen molar-refractivity contribution in [2.24, 2.45) is 0 Å². The van der Waals surface area contributed by atoms with E-state index in [1.54, 1.807) is 18.2 Å². The minimum atomic E-state index is -0.427. The second kappa shape index (κ2) is 3.79. The second-order valence-corrected chi connectivity index (χ2v) is 3.49. The van der Waals surface area contributed by atoms with Crippen LogP contribution in [0.5, 0.6) is 0 Å². The Hall–Kier alpha value is -2.56.